The Morgan fingerprint density at radius 3 is 1.57 bits per heavy atom. The number of rotatable bonds is 0. The van der Waals surface area contributed by atoms with Gasteiger partial charge in [-0.05, 0) is 33.7 Å². The van der Waals surface area contributed by atoms with E-state index in [1.165, 1.54) is 0 Å². The van der Waals surface area contributed by atoms with Crippen LogP contribution in [-0.4, -0.2) is 0 Å². The Balaban J connectivity index is 2.60. The summed E-state index contributed by atoms with van der Waals surface area (Å²) in [6.45, 7) is 0. The van der Waals surface area contributed by atoms with E-state index in [-0.39, 0.29) is 0 Å². The average Bonchev–Trinajstić information content (AvgIpc) is 2.30. The highest BCUT2D eigenvalue weighted by Crippen LogP contribution is 2.21. The quantitative estimate of drug-likeness (QED) is 0.458. The first-order valence-electron chi connectivity index (χ1n) is 5.23. The minimum Gasteiger partial charge on any atom is -0.0616 e. The predicted molar refractivity (Wildman–Crippen MR) is 61.5 cm³/mol. The van der Waals surface area contributed by atoms with Crippen LogP contribution in [0.5, 0.6) is 0 Å². The normalized spacial score (nSPS) is 11.9. The molecule has 3 aromatic rings. The molecule has 0 unspecified atom stereocenters. The van der Waals surface area contributed by atoms with Gasteiger partial charge in [0.05, 0.1) is 1.37 Å². The third kappa shape index (κ3) is 1.08. The van der Waals surface area contributed by atoms with Crippen molar-refractivity contribution in [1.29, 1.82) is 0 Å². The van der Waals surface area contributed by atoms with Gasteiger partial charge in [-0.15, -0.1) is 0 Å². The minimum absolute atomic E-state index is 0.628. The zero-order valence-electron chi connectivity index (χ0n) is 8.70. The van der Waals surface area contributed by atoms with Crippen LogP contribution in [0.1, 0.15) is 1.37 Å². The molecule has 66 valence electrons. The van der Waals surface area contributed by atoms with E-state index >= 15 is 0 Å². The minimum atomic E-state index is 0.628. The fourth-order valence-electron chi connectivity index (χ4n) is 1.79. The summed E-state index contributed by atoms with van der Waals surface area (Å²) in [6.07, 6.45) is 0. The van der Waals surface area contributed by atoms with Crippen molar-refractivity contribution in [2.24, 2.45) is 0 Å². The first kappa shape index (κ1) is 6.61. The molecule has 0 bridgehead atoms. The second-order valence-corrected chi connectivity index (χ2v) is 3.44. The summed E-state index contributed by atoms with van der Waals surface area (Å²) < 4.78 is 8.13. The smallest absolute Gasteiger partial charge is 0.0616 e. The monoisotopic (exact) mass is 179 g/mol. The topological polar surface area (TPSA) is 0 Å². The first-order chi connectivity index (χ1) is 7.36. The molecular formula is C14H10. The van der Waals surface area contributed by atoms with Crippen LogP contribution in [0.2, 0.25) is 0 Å². The van der Waals surface area contributed by atoms with E-state index in [9.17, 15) is 0 Å². The highest BCUT2D eigenvalue weighted by Gasteiger charge is 1.95. The summed E-state index contributed by atoms with van der Waals surface area (Å²) >= 11 is 0. The largest absolute Gasteiger partial charge is 0.0636 e. The Labute approximate surface area is 84.2 Å². The van der Waals surface area contributed by atoms with Crippen molar-refractivity contribution in [3.63, 3.8) is 0 Å². The zero-order valence-corrected chi connectivity index (χ0v) is 7.70. The summed E-state index contributed by atoms with van der Waals surface area (Å²) in [4.78, 5) is 0. The van der Waals surface area contributed by atoms with Crippen molar-refractivity contribution in [3.8, 4) is 0 Å². The lowest BCUT2D eigenvalue weighted by Gasteiger charge is -2.00. The van der Waals surface area contributed by atoms with Crippen molar-refractivity contribution >= 4 is 21.5 Å². The van der Waals surface area contributed by atoms with Crippen molar-refractivity contribution in [1.82, 2.24) is 0 Å². The van der Waals surface area contributed by atoms with Gasteiger partial charge in [-0.2, -0.15) is 0 Å². The molecule has 0 saturated heterocycles. The van der Waals surface area contributed by atoms with Crippen LogP contribution in [0.4, 0.5) is 0 Å². The van der Waals surface area contributed by atoms with Crippen LogP contribution in [0.3, 0.4) is 0 Å². The maximum Gasteiger partial charge on any atom is 0.0636 e. The van der Waals surface area contributed by atoms with Crippen LogP contribution in [0, 0.1) is 0 Å². The molecular weight excluding hydrogens is 168 g/mol. The van der Waals surface area contributed by atoms with Gasteiger partial charge >= 0.3 is 0 Å². The number of hydrogen-bond donors (Lipinski definition) is 0. The van der Waals surface area contributed by atoms with Gasteiger partial charge in [-0.25, -0.2) is 0 Å². The Morgan fingerprint density at radius 1 is 0.643 bits per heavy atom. The molecule has 0 heteroatoms. The highest BCUT2D eigenvalue weighted by molar-refractivity contribution is 5.97. The van der Waals surface area contributed by atoms with Gasteiger partial charge in [0.15, 0.2) is 0 Å². The molecule has 0 saturated carbocycles. The van der Waals surface area contributed by atoms with E-state index < -0.39 is 0 Å². The van der Waals surface area contributed by atoms with Gasteiger partial charge in [0.1, 0.15) is 0 Å². The molecule has 14 heavy (non-hydrogen) atoms. The number of hydrogen-bond acceptors (Lipinski definition) is 0. The summed E-state index contributed by atoms with van der Waals surface area (Å²) in [7, 11) is 0. The Morgan fingerprint density at radius 2 is 1.07 bits per heavy atom. The lowest BCUT2D eigenvalue weighted by Crippen LogP contribution is -1.74. The van der Waals surface area contributed by atoms with Gasteiger partial charge in [-0.1, -0.05) is 48.5 Å². The molecule has 0 spiro atoms. The van der Waals surface area contributed by atoms with Gasteiger partial charge in [-0.3, -0.25) is 0 Å². The maximum absolute atomic E-state index is 8.13. The van der Waals surface area contributed by atoms with Crippen LogP contribution >= 0.6 is 0 Å². The molecule has 0 atom stereocenters. The fourth-order valence-corrected chi connectivity index (χ4v) is 1.79. The Bertz CT molecular complexity index is 587. The standard InChI is InChI=1S/C14H10/c1-2-6-12-10-14-8-4-3-7-13(14)9-11(12)5-1/h1-10H/i9D. The molecule has 0 aromatic heterocycles. The van der Waals surface area contributed by atoms with Crippen molar-refractivity contribution in [3.05, 3.63) is 60.6 Å². The van der Waals surface area contributed by atoms with Crippen LogP contribution in [0.15, 0.2) is 60.6 Å². The van der Waals surface area contributed by atoms with Crippen molar-refractivity contribution in [2.45, 2.75) is 0 Å². The Kier molecular flexibility index (Phi) is 1.34. The summed E-state index contributed by atoms with van der Waals surface area (Å²) in [5, 5.41) is 4.33. The third-order valence-corrected chi connectivity index (χ3v) is 2.50. The average molecular weight is 179 g/mol. The molecule has 0 amide bonds. The van der Waals surface area contributed by atoms with E-state index in [1.807, 2.05) is 36.4 Å². The molecule has 0 heterocycles. The molecule has 3 aromatic carbocycles. The van der Waals surface area contributed by atoms with E-state index in [2.05, 4.69) is 18.2 Å². The molecule has 3 rings (SSSR count). The van der Waals surface area contributed by atoms with Crippen molar-refractivity contribution < 1.29 is 1.37 Å². The van der Waals surface area contributed by atoms with Gasteiger partial charge in [0, 0.05) is 0 Å². The summed E-state index contributed by atoms with van der Waals surface area (Å²) in [5.41, 5.74) is 0. The predicted octanol–water partition coefficient (Wildman–Crippen LogP) is 3.99. The second-order valence-electron chi connectivity index (χ2n) is 3.44. The summed E-state index contributed by atoms with van der Waals surface area (Å²) in [5.74, 6) is 0. The molecule has 0 radical (unpaired) electrons. The third-order valence-electron chi connectivity index (χ3n) is 2.50. The van der Waals surface area contributed by atoms with Gasteiger partial charge < -0.3 is 0 Å². The van der Waals surface area contributed by atoms with Crippen LogP contribution < -0.4 is 0 Å². The van der Waals surface area contributed by atoms with Gasteiger partial charge in [0.25, 0.3) is 0 Å². The lowest BCUT2D eigenvalue weighted by atomic mass is 10.0. The molecule has 0 fully saturated rings. The molecule has 0 aliphatic heterocycles. The van der Waals surface area contributed by atoms with Crippen LogP contribution in [0.25, 0.3) is 21.5 Å². The highest BCUT2D eigenvalue weighted by atomic mass is 14.0. The van der Waals surface area contributed by atoms with E-state index in [1.54, 1.807) is 0 Å². The van der Waals surface area contributed by atoms with E-state index in [0.717, 1.165) is 21.5 Å². The van der Waals surface area contributed by atoms with Gasteiger partial charge in [0.2, 0.25) is 0 Å². The molecule has 0 aliphatic carbocycles. The van der Waals surface area contributed by atoms with Crippen LogP contribution in [-0.2, 0) is 0 Å². The van der Waals surface area contributed by atoms with E-state index in [0.29, 0.717) is 6.04 Å². The Hall–Kier alpha value is -1.82. The number of benzene rings is 3. The second kappa shape index (κ2) is 2.85. The fraction of sp³-hybridized carbons (Fsp3) is 0. The molecule has 0 nitrogen and oxygen atoms in total. The van der Waals surface area contributed by atoms with E-state index in [4.69, 9.17) is 1.37 Å². The molecule has 0 N–H and O–H groups in total. The lowest BCUT2D eigenvalue weighted by molar-refractivity contribution is 1.76. The SMILES string of the molecule is [2H]c1c2ccccc2cc2ccccc12. The number of fused-ring (bicyclic) bond motifs is 2. The molecule has 0 aliphatic rings. The van der Waals surface area contributed by atoms with Crippen molar-refractivity contribution in [2.75, 3.05) is 0 Å². The first-order valence-corrected chi connectivity index (χ1v) is 4.73. The summed E-state index contributed by atoms with van der Waals surface area (Å²) in [6, 6.07) is 18.9. The zero-order chi connectivity index (χ0) is 10.3. The maximum atomic E-state index is 8.13.